The number of hydrogen-bond donors (Lipinski definition) is 2. The van der Waals surface area contributed by atoms with E-state index in [1.165, 1.54) is 11.3 Å². The van der Waals surface area contributed by atoms with Gasteiger partial charge in [-0.2, -0.15) is 0 Å². The predicted octanol–water partition coefficient (Wildman–Crippen LogP) is 2.02. The van der Waals surface area contributed by atoms with Crippen molar-refractivity contribution in [3.63, 3.8) is 0 Å². The van der Waals surface area contributed by atoms with Gasteiger partial charge in [-0.25, -0.2) is 9.50 Å². The zero-order valence-electron chi connectivity index (χ0n) is 11.5. The van der Waals surface area contributed by atoms with Crippen molar-refractivity contribution in [1.82, 2.24) is 19.6 Å². The number of nitrogens with one attached hydrogen (secondary N) is 2. The minimum atomic E-state index is -0.0489. The first kappa shape index (κ1) is 12.9. The first-order valence-corrected chi connectivity index (χ1v) is 7.10. The minimum Gasteiger partial charge on any atom is -0.356 e. The highest BCUT2D eigenvalue weighted by Gasteiger charge is 2.08. The number of pyridine rings is 1. The molecule has 0 unspecified atom stereocenters. The summed E-state index contributed by atoms with van der Waals surface area (Å²) in [7, 11) is 0. The third-order valence-corrected chi connectivity index (χ3v) is 3.95. The lowest BCUT2D eigenvalue weighted by atomic mass is 10.1. The highest BCUT2D eigenvalue weighted by Crippen LogP contribution is 2.19. The molecule has 0 aromatic carbocycles. The maximum absolute atomic E-state index is 11.9. The van der Waals surface area contributed by atoms with Crippen LogP contribution < -0.4 is 10.9 Å². The van der Waals surface area contributed by atoms with Crippen LogP contribution in [0.25, 0.3) is 4.96 Å². The predicted molar refractivity (Wildman–Crippen MR) is 79.5 cm³/mol. The Bertz CT molecular complexity index is 798. The van der Waals surface area contributed by atoms with Crippen LogP contribution in [0.3, 0.4) is 0 Å². The Balaban J connectivity index is 1.82. The fraction of sp³-hybridized carbons (Fsp3) is 0.308. The maximum atomic E-state index is 11.9. The lowest BCUT2D eigenvalue weighted by molar-refractivity contribution is 0.949. The van der Waals surface area contributed by atoms with Crippen molar-refractivity contribution in [2.45, 2.75) is 27.3 Å². The number of fused-ring (bicyclic) bond motifs is 1. The van der Waals surface area contributed by atoms with Gasteiger partial charge in [-0.1, -0.05) is 11.3 Å². The zero-order valence-corrected chi connectivity index (χ0v) is 12.3. The molecule has 0 spiro atoms. The van der Waals surface area contributed by atoms with Gasteiger partial charge in [0.25, 0.3) is 5.56 Å². The highest BCUT2D eigenvalue weighted by molar-refractivity contribution is 7.20. The monoisotopic (exact) mass is 289 g/mol. The molecule has 0 aliphatic heterocycles. The summed E-state index contributed by atoms with van der Waals surface area (Å²) in [6, 6.07) is 1.97. The van der Waals surface area contributed by atoms with E-state index < -0.39 is 0 Å². The SMILES string of the molecule is Cc1cn2nc(NCc3c(C)cc(C)[nH]c3=O)sc2n1. The van der Waals surface area contributed by atoms with Crippen LogP contribution in [0.1, 0.15) is 22.5 Å². The Hall–Kier alpha value is -2.15. The maximum Gasteiger partial charge on any atom is 0.253 e. The molecule has 0 aliphatic rings. The standard InChI is InChI=1S/C13H15N5OS/c1-7-4-8(2)15-11(19)10(7)5-14-12-17-18-6-9(3)16-13(18)20-12/h4,6H,5H2,1-3H3,(H,14,17)(H,15,19). The van der Waals surface area contributed by atoms with E-state index in [1.807, 2.05) is 33.0 Å². The van der Waals surface area contributed by atoms with Gasteiger partial charge in [-0.3, -0.25) is 4.79 Å². The molecule has 7 heteroatoms. The summed E-state index contributed by atoms with van der Waals surface area (Å²) >= 11 is 1.47. The van der Waals surface area contributed by atoms with Crippen LogP contribution in [-0.2, 0) is 6.54 Å². The quantitative estimate of drug-likeness (QED) is 0.773. The van der Waals surface area contributed by atoms with Crippen LogP contribution in [0, 0.1) is 20.8 Å². The Kier molecular flexibility index (Phi) is 3.06. The number of imidazole rings is 1. The number of nitrogens with zero attached hydrogens (tertiary/aromatic N) is 3. The van der Waals surface area contributed by atoms with E-state index in [0.717, 1.165) is 32.6 Å². The average molecular weight is 289 g/mol. The van der Waals surface area contributed by atoms with E-state index in [-0.39, 0.29) is 5.56 Å². The van der Waals surface area contributed by atoms with Crippen molar-refractivity contribution in [1.29, 1.82) is 0 Å². The summed E-state index contributed by atoms with van der Waals surface area (Å²) in [5.74, 6) is 0. The van der Waals surface area contributed by atoms with Gasteiger partial charge in [-0.05, 0) is 32.4 Å². The van der Waals surface area contributed by atoms with Gasteiger partial charge < -0.3 is 10.3 Å². The molecule has 20 heavy (non-hydrogen) atoms. The molecular weight excluding hydrogens is 274 g/mol. The van der Waals surface area contributed by atoms with E-state index in [9.17, 15) is 4.79 Å². The van der Waals surface area contributed by atoms with Crippen molar-refractivity contribution in [3.8, 4) is 0 Å². The third-order valence-electron chi connectivity index (χ3n) is 3.07. The number of H-pyrrole nitrogens is 1. The molecule has 3 heterocycles. The molecule has 0 amide bonds. The van der Waals surface area contributed by atoms with Gasteiger partial charge in [0.15, 0.2) is 0 Å². The lowest BCUT2D eigenvalue weighted by Crippen LogP contribution is -2.18. The molecule has 0 saturated carbocycles. The molecule has 3 aromatic rings. The number of aryl methyl sites for hydroxylation is 3. The molecular formula is C13H15N5OS. The molecule has 2 N–H and O–H groups in total. The molecule has 3 rings (SSSR count). The summed E-state index contributed by atoms with van der Waals surface area (Å²) < 4.78 is 1.74. The number of anilines is 1. The smallest absolute Gasteiger partial charge is 0.253 e. The Morgan fingerprint density at radius 2 is 2.20 bits per heavy atom. The normalized spacial score (nSPS) is 11.2. The van der Waals surface area contributed by atoms with Crippen LogP contribution in [0.15, 0.2) is 17.1 Å². The van der Waals surface area contributed by atoms with Crippen molar-refractivity contribution in [2.24, 2.45) is 0 Å². The Labute approximate surface area is 119 Å². The lowest BCUT2D eigenvalue weighted by Gasteiger charge is -2.06. The van der Waals surface area contributed by atoms with Crippen molar-refractivity contribution >= 4 is 21.4 Å². The van der Waals surface area contributed by atoms with Crippen LogP contribution in [0.5, 0.6) is 0 Å². The minimum absolute atomic E-state index is 0.0489. The van der Waals surface area contributed by atoms with E-state index in [0.29, 0.717) is 6.54 Å². The second kappa shape index (κ2) is 4.75. The summed E-state index contributed by atoms with van der Waals surface area (Å²) in [4.78, 5) is 19.9. The van der Waals surface area contributed by atoms with Gasteiger partial charge in [0.2, 0.25) is 10.1 Å². The molecule has 0 aliphatic carbocycles. The van der Waals surface area contributed by atoms with Gasteiger partial charge in [0, 0.05) is 17.8 Å². The van der Waals surface area contributed by atoms with Crippen LogP contribution in [-0.4, -0.2) is 19.6 Å². The van der Waals surface area contributed by atoms with E-state index in [2.05, 4.69) is 20.4 Å². The fourth-order valence-corrected chi connectivity index (χ4v) is 2.97. The van der Waals surface area contributed by atoms with Crippen LogP contribution >= 0.6 is 11.3 Å². The molecule has 0 atom stereocenters. The number of aromatic amines is 1. The van der Waals surface area contributed by atoms with E-state index in [1.54, 1.807) is 4.52 Å². The van der Waals surface area contributed by atoms with Crippen molar-refractivity contribution < 1.29 is 0 Å². The largest absolute Gasteiger partial charge is 0.356 e. The Morgan fingerprint density at radius 3 is 2.90 bits per heavy atom. The van der Waals surface area contributed by atoms with Crippen LogP contribution in [0.4, 0.5) is 5.13 Å². The number of hydrogen-bond acceptors (Lipinski definition) is 5. The molecule has 104 valence electrons. The molecule has 0 fully saturated rings. The number of rotatable bonds is 3. The summed E-state index contributed by atoms with van der Waals surface area (Å²) in [6.07, 6.45) is 1.88. The molecule has 3 aromatic heterocycles. The molecule has 0 bridgehead atoms. The highest BCUT2D eigenvalue weighted by atomic mass is 32.1. The first-order valence-electron chi connectivity index (χ1n) is 6.29. The summed E-state index contributed by atoms with van der Waals surface area (Å²) in [6.45, 7) is 6.21. The van der Waals surface area contributed by atoms with Gasteiger partial charge in [-0.15, -0.1) is 5.10 Å². The molecule has 6 nitrogen and oxygen atoms in total. The van der Waals surface area contributed by atoms with E-state index in [4.69, 9.17) is 0 Å². The second-order valence-corrected chi connectivity index (χ2v) is 5.77. The second-order valence-electron chi connectivity index (χ2n) is 4.81. The summed E-state index contributed by atoms with van der Waals surface area (Å²) in [5.41, 5.74) is 3.49. The van der Waals surface area contributed by atoms with E-state index >= 15 is 0 Å². The third kappa shape index (κ3) is 2.32. The average Bonchev–Trinajstić information content (AvgIpc) is 2.84. The van der Waals surface area contributed by atoms with Gasteiger partial charge in [0.05, 0.1) is 11.9 Å². The molecule has 0 radical (unpaired) electrons. The van der Waals surface area contributed by atoms with Gasteiger partial charge in [0.1, 0.15) is 0 Å². The summed E-state index contributed by atoms with van der Waals surface area (Å²) in [5, 5.41) is 8.31. The van der Waals surface area contributed by atoms with Crippen molar-refractivity contribution in [3.05, 3.63) is 45.1 Å². The zero-order chi connectivity index (χ0) is 14.3. The van der Waals surface area contributed by atoms with Crippen molar-refractivity contribution in [2.75, 3.05) is 5.32 Å². The number of aromatic nitrogens is 4. The van der Waals surface area contributed by atoms with Crippen LogP contribution in [0.2, 0.25) is 0 Å². The topological polar surface area (TPSA) is 75.1 Å². The molecule has 0 saturated heterocycles. The van der Waals surface area contributed by atoms with Gasteiger partial charge >= 0.3 is 0 Å². The fourth-order valence-electron chi connectivity index (χ4n) is 2.15. The first-order chi connectivity index (χ1) is 9.52. The Morgan fingerprint density at radius 1 is 1.40 bits per heavy atom.